The predicted molar refractivity (Wildman–Crippen MR) is 258 cm³/mol. The number of phosphoric acid groups is 4. The molecule has 0 aromatic carbocycles. The summed E-state index contributed by atoms with van der Waals surface area (Å²) in [5, 5.41) is 32.8. The zero-order valence-electron chi connectivity index (χ0n) is 41.0. The number of nitrogens with zero attached hydrogens (tertiary/aromatic N) is 8. The highest BCUT2D eigenvalue weighted by molar-refractivity contribution is 7.89. The standard InChI is InChI=1S/C35H50FN13O26P4S/c1-46-14-49(29-21(46)30(54)45-34(38)44-29)31-22(51)15(8-42-80(64,65)7-3-5-36)16(70-31)9-68-77(58,59)74-79(62,63)75-78(60,61)69-11-18-25(26(66-2)33(72-18)48-13-41-20-27(37)39-12-40-28(20)48)73-76(56,57)67-10-17-23(52)24(53)32(71-17)47-6-4-19(50)43-35(47)55/h4,6,12-18,22-26,31-33,42,51-53H,3,5,7-11H2,1-2H3,(H9-,37,38,39,40,43,44,45,50,54,55,56,57,58,59,60,61,62,63)/p+1/t15-,16-,17-,18?,22-,23-,24-,25-,26-,31-,32-,33-/m1/s1. The van der Waals surface area contributed by atoms with Crippen molar-refractivity contribution in [3.63, 3.8) is 0 Å². The Labute approximate surface area is 445 Å². The molecule has 16 atom stereocenters. The van der Waals surface area contributed by atoms with Crippen molar-refractivity contribution in [3.05, 3.63) is 62.4 Å². The summed E-state index contributed by atoms with van der Waals surface area (Å²) >= 11 is 0. The van der Waals surface area contributed by atoms with E-state index in [1.165, 1.54) is 22.5 Å². The summed E-state index contributed by atoms with van der Waals surface area (Å²) in [5.41, 5.74) is 8.85. The van der Waals surface area contributed by atoms with Crippen LogP contribution in [0.25, 0.3) is 22.3 Å². The zero-order chi connectivity index (χ0) is 58.4. The fourth-order valence-electron chi connectivity index (χ4n) is 8.67. The van der Waals surface area contributed by atoms with Crippen LogP contribution in [0.5, 0.6) is 0 Å². The normalized spacial score (nSPS) is 29.4. The molecule has 45 heteroatoms. The van der Waals surface area contributed by atoms with Gasteiger partial charge in [-0.3, -0.25) is 55.7 Å². The van der Waals surface area contributed by atoms with Crippen LogP contribution in [0.1, 0.15) is 25.1 Å². The van der Waals surface area contributed by atoms with E-state index in [0.29, 0.717) is 4.57 Å². The molecule has 5 aromatic rings. The number of aryl methyl sites for hydroxylation is 1. The maximum Gasteiger partial charge on any atom is 0.490 e. The van der Waals surface area contributed by atoms with Gasteiger partial charge >= 0.3 is 42.6 Å². The van der Waals surface area contributed by atoms with E-state index < -0.39 is 177 Å². The third kappa shape index (κ3) is 13.7. The quantitative estimate of drug-likeness (QED) is 0.0194. The SMILES string of the molecule is CO[C@@H]1[C@H](OP(=O)(O)OC[C@H]2O[C@@H](n3ccc(=O)[nH]c3=O)[C@H](O)[C@@H]2O)C(COP(=O)(O)OP(=O)(O)OP(=O)(O)OC[C@H]2O[C@@H]([n+]3cn(C)c4c(=O)[nH]c(N)nc43)[C@H](O)[C@@H]2CNS(=O)(=O)CCCF)O[C@H]1n1cnc2c(N)ncnc21. The van der Waals surface area contributed by atoms with E-state index in [-0.39, 0.29) is 34.1 Å². The largest absolute Gasteiger partial charge is 0.490 e. The number of nitrogens with two attached hydrogens (primary N) is 2. The molecule has 0 saturated carbocycles. The van der Waals surface area contributed by atoms with Crippen molar-refractivity contribution in [1.29, 1.82) is 0 Å². The van der Waals surface area contributed by atoms with Crippen LogP contribution in [0.3, 0.4) is 0 Å². The lowest BCUT2D eigenvalue weighted by Crippen LogP contribution is -2.46. The lowest BCUT2D eigenvalue weighted by atomic mass is 9.98. The lowest BCUT2D eigenvalue weighted by molar-refractivity contribution is -0.745. The highest BCUT2D eigenvalue weighted by Gasteiger charge is 2.54. The fourth-order valence-corrected chi connectivity index (χ4v) is 14.2. The molecule has 0 aliphatic carbocycles. The molecule has 3 aliphatic rings. The molecule has 3 aliphatic heterocycles. The molecule has 444 valence electrons. The molecule has 3 fully saturated rings. The van der Waals surface area contributed by atoms with Crippen LogP contribution < -0.4 is 37.6 Å². The molecule has 8 heterocycles. The predicted octanol–water partition coefficient (Wildman–Crippen LogP) is -4.34. The molecule has 0 amide bonds. The van der Waals surface area contributed by atoms with Crippen molar-refractivity contribution in [2.45, 2.75) is 73.9 Å². The second kappa shape index (κ2) is 23.9. The van der Waals surface area contributed by atoms with Gasteiger partial charge in [-0.05, 0) is 6.42 Å². The van der Waals surface area contributed by atoms with Crippen LogP contribution in [0.15, 0.2) is 45.6 Å². The van der Waals surface area contributed by atoms with Crippen LogP contribution in [-0.2, 0) is 81.0 Å². The summed E-state index contributed by atoms with van der Waals surface area (Å²) in [4.78, 5) is 99.7. The number of hydrogen-bond donors (Lipinski definition) is 12. The van der Waals surface area contributed by atoms with E-state index in [4.69, 9.17) is 48.5 Å². The Balaban J connectivity index is 0.954. The number of aromatic nitrogens is 10. The molecule has 5 unspecified atom stereocenters. The topological polar surface area (TPSA) is 553 Å². The number of halogens is 1. The number of alkyl halides is 1. The minimum atomic E-state index is -6.31. The molecule has 0 bridgehead atoms. The number of nitrogens with one attached hydrogen (secondary N) is 3. The molecule has 39 nitrogen and oxygen atoms in total. The van der Waals surface area contributed by atoms with Crippen molar-refractivity contribution in [2.75, 3.05) is 57.4 Å². The van der Waals surface area contributed by atoms with Gasteiger partial charge in [-0.25, -0.2) is 55.7 Å². The van der Waals surface area contributed by atoms with E-state index in [1.807, 2.05) is 4.98 Å². The monoisotopic (exact) mass is 1240 g/mol. The number of aromatic amines is 2. The Bertz CT molecular complexity index is 3590. The third-order valence-corrected chi connectivity index (χ3v) is 18.9. The van der Waals surface area contributed by atoms with Gasteiger partial charge in [0, 0.05) is 31.8 Å². The van der Waals surface area contributed by atoms with Crippen molar-refractivity contribution in [1.82, 2.24) is 48.3 Å². The number of imidazole rings is 2. The average Bonchev–Trinajstić information content (AvgIpc) is 4.36. The minimum Gasteiger partial charge on any atom is -0.387 e. The van der Waals surface area contributed by atoms with Gasteiger partial charge in [0.25, 0.3) is 17.1 Å². The summed E-state index contributed by atoms with van der Waals surface area (Å²) in [6.07, 6.45) is -15.0. The second-order valence-corrected chi connectivity index (χ2v) is 25.6. The van der Waals surface area contributed by atoms with E-state index in [2.05, 4.69) is 38.3 Å². The molecular formula is C35H51FN13O26P4S+. The van der Waals surface area contributed by atoms with Crippen molar-refractivity contribution < 1.29 is 116 Å². The summed E-state index contributed by atoms with van der Waals surface area (Å²) in [7, 11) is -25.6. The van der Waals surface area contributed by atoms with Crippen LogP contribution >= 0.6 is 31.3 Å². The molecule has 0 spiro atoms. The van der Waals surface area contributed by atoms with Crippen molar-refractivity contribution in [3.8, 4) is 0 Å². The Kier molecular flexibility index (Phi) is 18.3. The summed E-state index contributed by atoms with van der Waals surface area (Å²) in [5.74, 6) is -2.60. The Morgan fingerprint density at radius 3 is 2.14 bits per heavy atom. The van der Waals surface area contributed by atoms with Gasteiger partial charge in [-0.15, -0.1) is 0 Å². The molecule has 5 aromatic heterocycles. The number of hydrogen-bond acceptors (Lipinski definition) is 28. The van der Waals surface area contributed by atoms with E-state index in [9.17, 15) is 80.3 Å². The molecule has 80 heavy (non-hydrogen) atoms. The zero-order valence-corrected chi connectivity index (χ0v) is 45.4. The summed E-state index contributed by atoms with van der Waals surface area (Å²) in [6.45, 7) is -5.24. The van der Waals surface area contributed by atoms with Gasteiger partial charge in [0.05, 0.1) is 51.7 Å². The third-order valence-electron chi connectivity index (χ3n) is 12.2. The molecule has 0 radical (unpaired) electrons. The number of phosphoric ester groups is 3. The number of rotatable bonds is 25. The first-order valence-corrected chi connectivity index (χ1v) is 30.5. The van der Waals surface area contributed by atoms with E-state index in [1.54, 1.807) is 0 Å². The number of anilines is 2. The highest BCUT2D eigenvalue weighted by Crippen LogP contribution is 2.68. The van der Waals surface area contributed by atoms with E-state index >= 15 is 0 Å². The van der Waals surface area contributed by atoms with Crippen LogP contribution in [0.4, 0.5) is 16.2 Å². The number of methoxy groups -OCH3 is 1. The maximum absolute atomic E-state index is 13.6. The second-order valence-electron chi connectivity index (χ2n) is 17.6. The van der Waals surface area contributed by atoms with Gasteiger partial charge in [0.15, 0.2) is 30.2 Å². The Morgan fingerprint density at radius 2 is 1.48 bits per heavy atom. The van der Waals surface area contributed by atoms with Gasteiger partial charge in [-0.1, -0.05) is 4.98 Å². The van der Waals surface area contributed by atoms with Gasteiger partial charge in [-0.2, -0.15) is 8.62 Å². The molecule has 14 N–H and O–H groups in total. The molecular weight excluding hydrogens is 1190 g/mol. The number of sulfonamides is 1. The first-order valence-electron chi connectivity index (χ1n) is 22.9. The number of aliphatic hydroxyl groups is 3. The van der Waals surface area contributed by atoms with Crippen LogP contribution in [0.2, 0.25) is 0 Å². The highest BCUT2D eigenvalue weighted by atomic mass is 32.2. The van der Waals surface area contributed by atoms with Gasteiger partial charge in [0.2, 0.25) is 21.8 Å². The fraction of sp³-hybridized carbons (Fsp3) is 0.600. The number of nitrogen functional groups attached to an aromatic ring is 2. The summed E-state index contributed by atoms with van der Waals surface area (Å²) in [6, 6.07) is 0.910. The number of aliphatic hydroxyl groups excluding tert-OH is 3. The minimum absolute atomic E-state index is 0.0183. The first kappa shape index (κ1) is 61.3. The number of H-pyrrole nitrogens is 2. The van der Waals surface area contributed by atoms with Gasteiger partial charge < -0.3 is 65.3 Å². The first-order chi connectivity index (χ1) is 37.4. The van der Waals surface area contributed by atoms with Crippen LogP contribution in [0, 0.1) is 5.92 Å². The average molecular weight is 1240 g/mol. The number of ether oxygens (including phenoxy) is 4. The van der Waals surface area contributed by atoms with Crippen molar-refractivity contribution >= 4 is 75.4 Å². The molecule has 8 rings (SSSR count). The maximum atomic E-state index is 13.6. The van der Waals surface area contributed by atoms with Crippen molar-refractivity contribution in [2.24, 2.45) is 13.0 Å². The van der Waals surface area contributed by atoms with E-state index in [0.717, 1.165) is 36.6 Å². The Hall–Kier alpha value is -4.74. The Morgan fingerprint density at radius 1 is 0.825 bits per heavy atom. The summed E-state index contributed by atoms with van der Waals surface area (Å²) < 4.78 is 149. The molecule has 3 saturated heterocycles. The lowest BCUT2D eigenvalue weighted by Gasteiger charge is -2.26. The number of fused-ring (bicyclic) bond motifs is 2. The van der Waals surface area contributed by atoms with Gasteiger partial charge in [0.1, 0.15) is 54.6 Å². The van der Waals surface area contributed by atoms with Crippen LogP contribution in [-0.4, -0.2) is 182 Å². The smallest absolute Gasteiger partial charge is 0.387 e.